The van der Waals surface area contributed by atoms with E-state index in [2.05, 4.69) is 26.1 Å². The summed E-state index contributed by atoms with van der Waals surface area (Å²) in [6, 6.07) is 15.6. The van der Waals surface area contributed by atoms with Gasteiger partial charge in [-0.1, -0.05) is 33.2 Å². The third-order valence-corrected chi connectivity index (χ3v) is 3.62. The van der Waals surface area contributed by atoms with Crippen LogP contribution in [0.4, 0.5) is 0 Å². The van der Waals surface area contributed by atoms with Crippen molar-refractivity contribution < 1.29 is 14.1 Å². The normalized spacial score (nSPS) is 10.2. The summed E-state index contributed by atoms with van der Waals surface area (Å²) in [6.07, 6.45) is 0. The summed E-state index contributed by atoms with van der Waals surface area (Å²) in [6.45, 7) is -0.125. The molecule has 118 valence electrons. The largest absolute Gasteiger partial charge is 0.452 e. The van der Waals surface area contributed by atoms with Crippen LogP contribution in [0, 0.1) is 11.3 Å². The zero-order chi connectivity index (χ0) is 16.9. The molecule has 0 bridgehead atoms. The number of nitrogens with zero attached hydrogens (tertiary/aromatic N) is 3. The summed E-state index contributed by atoms with van der Waals surface area (Å²) in [5, 5.41) is 12.6. The van der Waals surface area contributed by atoms with Crippen LogP contribution in [0.15, 0.2) is 57.5 Å². The average molecular weight is 384 g/mol. The van der Waals surface area contributed by atoms with E-state index in [1.165, 1.54) is 12.1 Å². The Balaban J connectivity index is 1.64. The van der Waals surface area contributed by atoms with Crippen LogP contribution in [0.25, 0.3) is 11.4 Å². The van der Waals surface area contributed by atoms with E-state index in [9.17, 15) is 4.79 Å². The highest BCUT2D eigenvalue weighted by molar-refractivity contribution is 9.10. The van der Waals surface area contributed by atoms with E-state index >= 15 is 0 Å². The van der Waals surface area contributed by atoms with Gasteiger partial charge in [0.1, 0.15) is 0 Å². The van der Waals surface area contributed by atoms with Crippen molar-refractivity contribution in [2.75, 3.05) is 0 Å². The molecule has 0 unspecified atom stereocenters. The molecule has 1 aromatic heterocycles. The molecule has 3 aromatic rings. The summed E-state index contributed by atoms with van der Waals surface area (Å²) < 4.78 is 11.1. The van der Waals surface area contributed by atoms with Gasteiger partial charge in [-0.3, -0.25) is 0 Å². The average Bonchev–Trinajstić information content (AvgIpc) is 3.09. The van der Waals surface area contributed by atoms with Gasteiger partial charge in [0.2, 0.25) is 5.82 Å². The highest BCUT2D eigenvalue weighted by atomic mass is 79.9. The Morgan fingerprint density at radius 2 is 2.04 bits per heavy atom. The van der Waals surface area contributed by atoms with Crippen molar-refractivity contribution in [1.29, 1.82) is 5.26 Å². The van der Waals surface area contributed by atoms with Crippen LogP contribution < -0.4 is 0 Å². The van der Waals surface area contributed by atoms with Crippen molar-refractivity contribution in [2.45, 2.75) is 6.61 Å². The molecule has 6 nitrogen and oxygen atoms in total. The minimum absolute atomic E-state index is 0.125. The minimum atomic E-state index is -0.526. The summed E-state index contributed by atoms with van der Waals surface area (Å²) in [5.74, 6) is 0.0920. The predicted molar refractivity (Wildman–Crippen MR) is 87.7 cm³/mol. The predicted octanol–water partition coefficient (Wildman–Crippen LogP) is 3.73. The molecule has 0 saturated carbocycles. The Kier molecular flexibility index (Phi) is 4.68. The van der Waals surface area contributed by atoms with E-state index < -0.39 is 5.97 Å². The second-order valence-electron chi connectivity index (χ2n) is 4.79. The maximum atomic E-state index is 11.9. The molecule has 0 atom stereocenters. The first-order valence-corrected chi connectivity index (χ1v) is 7.71. The second-order valence-corrected chi connectivity index (χ2v) is 5.70. The molecule has 3 rings (SSSR count). The molecule has 0 N–H and O–H groups in total. The van der Waals surface area contributed by atoms with Crippen molar-refractivity contribution in [3.8, 4) is 17.5 Å². The lowest BCUT2D eigenvalue weighted by Gasteiger charge is -2.01. The highest BCUT2D eigenvalue weighted by Crippen LogP contribution is 2.20. The van der Waals surface area contributed by atoms with E-state index in [1.54, 1.807) is 12.1 Å². The van der Waals surface area contributed by atoms with E-state index in [1.807, 2.05) is 30.3 Å². The second kappa shape index (κ2) is 7.06. The number of hydrogen-bond donors (Lipinski definition) is 0. The molecule has 0 fully saturated rings. The topological polar surface area (TPSA) is 89.0 Å². The van der Waals surface area contributed by atoms with E-state index in [-0.39, 0.29) is 12.5 Å². The van der Waals surface area contributed by atoms with Gasteiger partial charge in [-0.05, 0) is 36.4 Å². The van der Waals surface area contributed by atoms with Gasteiger partial charge in [-0.15, -0.1) is 0 Å². The number of carbonyl (C=O) groups is 1. The number of hydrogen-bond acceptors (Lipinski definition) is 6. The molecule has 24 heavy (non-hydrogen) atoms. The third-order valence-electron chi connectivity index (χ3n) is 3.13. The summed E-state index contributed by atoms with van der Waals surface area (Å²) in [5.41, 5.74) is 1.61. The molecular weight excluding hydrogens is 374 g/mol. The molecule has 2 aromatic carbocycles. The van der Waals surface area contributed by atoms with Crippen LogP contribution in [-0.4, -0.2) is 16.1 Å². The van der Waals surface area contributed by atoms with Gasteiger partial charge in [0, 0.05) is 10.0 Å². The van der Waals surface area contributed by atoms with Gasteiger partial charge in [-0.25, -0.2) is 4.79 Å². The Hall–Kier alpha value is -2.98. The maximum absolute atomic E-state index is 11.9. The molecule has 0 aliphatic rings. The lowest BCUT2D eigenvalue weighted by Crippen LogP contribution is -2.05. The van der Waals surface area contributed by atoms with Crippen molar-refractivity contribution in [3.63, 3.8) is 0 Å². The molecule has 1 heterocycles. The van der Waals surface area contributed by atoms with Crippen LogP contribution in [0.5, 0.6) is 0 Å². The van der Waals surface area contributed by atoms with E-state index in [4.69, 9.17) is 14.5 Å². The highest BCUT2D eigenvalue weighted by Gasteiger charge is 2.12. The molecule has 0 amide bonds. The number of ether oxygens (including phenoxy) is 1. The smallest absolute Gasteiger partial charge is 0.338 e. The first-order chi connectivity index (χ1) is 11.7. The van der Waals surface area contributed by atoms with Crippen molar-refractivity contribution >= 4 is 21.9 Å². The standard InChI is InChI=1S/C17H10BrN3O3/c18-14-3-1-2-13(8-14)16-20-15(24-21-16)10-23-17(22)12-6-4-11(9-19)5-7-12/h1-8H,10H2. The Morgan fingerprint density at radius 3 is 2.75 bits per heavy atom. The zero-order valence-electron chi connectivity index (χ0n) is 12.3. The van der Waals surface area contributed by atoms with Crippen LogP contribution in [0.1, 0.15) is 21.8 Å². The molecule has 0 saturated heterocycles. The molecule has 0 radical (unpaired) electrons. The molecule has 0 aliphatic carbocycles. The monoisotopic (exact) mass is 383 g/mol. The van der Waals surface area contributed by atoms with Crippen molar-refractivity contribution in [1.82, 2.24) is 10.1 Å². The summed E-state index contributed by atoms with van der Waals surface area (Å²) in [4.78, 5) is 16.1. The lowest BCUT2D eigenvalue weighted by atomic mass is 10.1. The maximum Gasteiger partial charge on any atom is 0.338 e. The Bertz CT molecular complexity index is 913. The number of carbonyl (C=O) groups excluding carboxylic acids is 1. The first-order valence-electron chi connectivity index (χ1n) is 6.91. The third kappa shape index (κ3) is 3.67. The summed E-state index contributed by atoms with van der Waals surface area (Å²) >= 11 is 3.38. The van der Waals surface area contributed by atoms with Crippen molar-refractivity contribution in [3.05, 3.63) is 70.0 Å². The van der Waals surface area contributed by atoms with Gasteiger partial charge in [0.25, 0.3) is 5.89 Å². The van der Waals surface area contributed by atoms with Crippen LogP contribution in [0.3, 0.4) is 0 Å². The number of halogens is 1. The quantitative estimate of drug-likeness (QED) is 0.637. The van der Waals surface area contributed by atoms with Crippen molar-refractivity contribution in [2.24, 2.45) is 0 Å². The Labute approximate surface area is 145 Å². The molecule has 7 heteroatoms. The van der Waals surface area contributed by atoms with Crippen LogP contribution in [-0.2, 0) is 11.3 Å². The van der Waals surface area contributed by atoms with E-state index in [0.29, 0.717) is 17.0 Å². The van der Waals surface area contributed by atoms with Crippen LogP contribution in [0.2, 0.25) is 0 Å². The fraction of sp³-hybridized carbons (Fsp3) is 0.0588. The lowest BCUT2D eigenvalue weighted by molar-refractivity contribution is 0.0430. The van der Waals surface area contributed by atoms with Gasteiger partial charge < -0.3 is 9.26 Å². The molecular formula is C17H10BrN3O3. The number of aromatic nitrogens is 2. The fourth-order valence-electron chi connectivity index (χ4n) is 1.95. The number of benzene rings is 2. The zero-order valence-corrected chi connectivity index (χ0v) is 13.9. The van der Waals surface area contributed by atoms with Gasteiger partial charge >= 0.3 is 5.97 Å². The number of nitriles is 1. The van der Waals surface area contributed by atoms with Gasteiger partial charge in [0.05, 0.1) is 17.2 Å². The minimum Gasteiger partial charge on any atom is -0.452 e. The fourth-order valence-corrected chi connectivity index (χ4v) is 2.35. The molecule has 0 aliphatic heterocycles. The first kappa shape index (κ1) is 15.9. The van der Waals surface area contributed by atoms with Gasteiger partial charge in [0.15, 0.2) is 6.61 Å². The van der Waals surface area contributed by atoms with Crippen LogP contribution >= 0.6 is 15.9 Å². The van der Waals surface area contributed by atoms with Gasteiger partial charge in [-0.2, -0.15) is 10.2 Å². The number of esters is 1. The van der Waals surface area contributed by atoms with E-state index in [0.717, 1.165) is 10.0 Å². The Morgan fingerprint density at radius 1 is 1.25 bits per heavy atom. The summed E-state index contributed by atoms with van der Waals surface area (Å²) in [7, 11) is 0. The number of rotatable bonds is 4. The molecule has 0 spiro atoms. The SMILES string of the molecule is N#Cc1ccc(C(=O)OCc2nc(-c3cccc(Br)c3)no2)cc1.